The topological polar surface area (TPSA) is 38.3 Å². The van der Waals surface area contributed by atoms with Crippen molar-refractivity contribution < 1.29 is 22.7 Å². The van der Waals surface area contributed by atoms with Crippen molar-refractivity contribution >= 4 is 5.97 Å². The third kappa shape index (κ3) is 5.90. The Morgan fingerprint density at radius 2 is 1.56 bits per heavy atom. The highest BCUT2D eigenvalue weighted by molar-refractivity contribution is 5.69. The first kappa shape index (κ1) is 19.0. The Hall–Kier alpha value is -2.34. The summed E-state index contributed by atoms with van der Waals surface area (Å²) in [4.78, 5) is 11.2. The fourth-order valence-electron chi connectivity index (χ4n) is 2.32. The van der Waals surface area contributed by atoms with Gasteiger partial charge in [0.05, 0.1) is 18.6 Å². The van der Waals surface area contributed by atoms with Crippen LogP contribution in [0.4, 0.5) is 13.2 Å². The molecule has 0 saturated heterocycles. The number of hydrogen-bond acceptors (Lipinski definition) is 3. The first-order chi connectivity index (χ1) is 11.9. The lowest BCUT2D eigenvalue weighted by Gasteiger charge is -2.09. The minimum absolute atomic E-state index is 0.229. The molecule has 0 unspecified atom stereocenters. The Labute approximate surface area is 144 Å². The predicted octanol–water partition coefficient (Wildman–Crippen LogP) is 4.42. The molecule has 0 aliphatic rings. The molecular formula is C19H20F3NO2. The second-order valence-corrected chi connectivity index (χ2v) is 5.50. The molecule has 2 aromatic rings. The molecule has 0 atom stereocenters. The molecule has 0 aliphatic heterocycles. The summed E-state index contributed by atoms with van der Waals surface area (Å²) < 4.78 is 42.6. The quantitative estimate of drug-likeness (QED) is 0.593. The van der Waals surface area contributed by atoms with Gasteiger partial charge in [0, 0.05) is 13.1 Å². The third-order valence-corrected chi connectivity index (χ3v) is 3.64. The highest BCUT2D eigenvalue weighted by atomic mass is 19.4. The van der Waals surface area contributed by atoms with Gasteiger partial charge in [-0.05, 0) is 35.7 Å². The average Bonchev–Trinajstić information content (AvgIpc) is 2.59. The minimum atomic E-state index is -4.32. The number of halogens is 3. The van der Waals surface area contributed by atoms with Gasteiger partial charge in [-0.2, -0.15) is 13.2 Å². The van der Waals surface area contributed by atoms with Crippen molar-refractivity contribution in [1.29, 1.82) is 0 Å². The Kier molecular flexibility index (Phi) is 6.58. The molecule has 0 aliphatic carbocycles. The van der Waals surface area contributed by atoms with Crippen LogP contribution in [0.3, 0.4) is 0 Å². The van der Waals surface area contributed by atoms with E-state index in [2.05, 4.69) is 5.32 Å². The maximum absolute atomic E-state index is 12.6. The van der Waals surface area contributed by atoms with E-state index in [4.69, 9.17) is 4.74 Å². The summed E-state index contributed by atoms with van der Waals surface area (Å²) >= 11 is 0. The number of hydrogen-bond donors (Lipinski definition) is 1. The number of ether oxygens (including phenoxy) is 1. The van der Waals surface area contributed by atoms with E-state index in [1.807, 2.05) is 24.3 Å². The van der Waals surface area contributed by atoms with Crippen molar-refractivity contribution in [3.8, 4) is 11.1 Å². The molecular weight excluding hydrogens is 331 g/mol. The Bertz CT molecular complexity index is 679. The van der Waals surface area contributed by atoms with E-state index < -0.39 is 11.7 Å². The summed E-state index contributed by atoms with van der Waals surface area (Å²) in [6.07, 6.45) is -4.00. The lowest BCUT2D eigenvalue weighted by atomic mass is 10.0. The molecule has 0 radical (unpaired) electrons. The van der Waals surface area contributed by atoms with Gasteiger partial charge >= 0.3 is 12.1 Å². The molecule has 6 heteroatoms. The van der Waals surface area contributed by atoms with Crippen LogP contribution in [0, 0.1) is 0 Å². The molecule has 0 spiro atoms. The highest BCUT2D eigenvalue weighted by Crippen LogP contribution is 2.31. The second kappa shape index (κ2) is 8.67. The van der Waals surface area contributed by atoms with Crippen molar-refractivity contribution in [3.05, 3.63) is 59.7 Å². The lowest BCUT2D eigenvalue weighted by Crippen LogP contribution is -2.18. The molecule has 0 saturated carbocycles. The Morgan fingerprint density at radius 1 is 1.00 bits per heavy atom. The van der Waals surface area contributed by atoms with Crippen LogP contribution >= 0.6 is 0 Å². The van der Waals surface area contributed by atoms with Crippen LogP contribution in [0.1, 0.15) is 24.5 Å². The Morgan fingerprint density at radius 3 is 2.08 bits per heavy atom. The van der Waals surface area contributed by atoms with Crippen LogP contribution in [0.5, 0.6) is 0 Å². The monoisotopic (exact) mass is 351 g/mol. The van der Waals surface area contributed by atoms with Gasteiger partial charge in [0.25, 0.3) is 0 Å². The first-order valence-corrected chi connectivity index (χ1v) is 8.03. The van der Waals surface area contributed by atoms with E-state index in [1.54, 1.807) is 6.92 Å². The van der Waals surface area contributed by atoms with Gasteiger partial charge in [-0.3, -0.25) is 4.79 Å². The van der Waals surface area contributed by atoms with E-state index in [0.717, 1.165) is 28.8 Å². The van der Waals surface area contributed by atoms with Crippen LogP contribution < -0.4 is 5.32 Å². The summed E-state index contributed by atoms with van der Waals surface area (Å²) in [6.45, 7) is 3.28. The average molecular weight is 351 g/mol. The van der Waals surface area contributed by atoms with Gasteiger partial charge in [0.1, 0.15) is 0 Å². The van der Waals surface area contributed by atoms with Gasteiger partial charge in [-0.15, -0.1) is 0 Å². The first-order valence-electron chi connectivity index (χ1n) is 8.03. The smallest absolute Gasteiger partial charge is 0.416 e. The molecule has 1 N–H and O–H groups in total. The van der Waals surface area contributed by atoms with E-state index in [-0.39, 0.29) is 5.97 Å². The standard InChI is InChI=1S/C19H20F3NO2/c1-2-25-18(24)11-12-23-13-14-3-5-15(6-4-14)16-7-9-17(10-8-16)19(20,21)22/h3-10,23H,2,11-13H2,1H3. The number of esters is 1. The number of carbonyl (C=O) groups excluding carboxylic acids is 1. The van der Waals surface area contributed by atoms with Crippen LogP contribution in [0.2, 0.25) is 0 Å². The van der Waals surface area contributed by atoms with E-state index in [9.17, 15) is 18.0 Å². The Balaban J connectivity index is 1.88. The molecule has 3 nitrogen and oxygen atoms in total. The fourth-order valence-corrected chi connectivity index (χ4v) is 2.32. The number of benzene rings is 2. The van der Waals surface area contributed by atoms with E-state index in [1.165, 1.54) is 12.1 Å². The summed E-state index contributed by atoms with van der Waals surface area (Å²) in [6, 6.07) is 12.6. The molecule has 25 heavy (non-hydrogen) atoms. The highest BCUT2D eigenvalue weighted by Gasteiger charge is 2.29. The molecule has 134 valence electrons. The van der Waals surface area contributed by atoms with Gasteiger partial charge in [0.15, 0.2) is 0 Å². The van der Waals surface area contributed by atoms with Crippen LogP contribution in [-0.4, -0.2) is 19.1 Å². The SMILES string of the molecule is CCOC(=O)CCNCc1ccc(-c2ccc(C(F)(F)F)cc2)cc1. The fraction of sp³-hybridized carbons (Fsp3) is 0.316. The van der Waals surface area contributed by atoms with Crippen LogP contribution in [-0.2, 0) is 22.3 Å². The number of alkyl halides is 3. The molecule has 0 amide bonds. The van der Waals surface area contributed by atoms with Crippen LogP contribution in [0.25, 0.3) is 11.1 Å². The normalized spacial score (nSPS) is 11.4. The van der Waals surface area contributed by atoms with Crippen LogP contribution in [0.15, 0.2) is 48.5 Å². The maximum atomic E-state index is 12.6. The minimum Gasteiger partial charge on any atom is -0.466 e. The number of rotatable bonds is 7. The summed E-state index contributed by atoms with van der Waals surface area (Å²) in [7, 11) is 0. The molecule has 0 fully saturated rings. The summed E-state index contributed by atoms with van der Waals surface area (Å²) in [5, 5.41) is 3.15. The van der Waals surface area contributed by atoms with Crippen molar-refractivity contribution in [1.82, 2.24) is 5.32 Å². The number of nitrogens with one attached hydrogen (secondary N) is 1. The maximum Gasteiger partial charge on any atom is 0.416 e. The van der Waals surface area contributed by atoms with Gasteiger partial charge in [-0.25, -0.2) is 0 Å². The van der Waals surface area contributed by atoms with E-state index in [0.29, 0.717) is 26.1 Å². The molecule has 0 aromatic heterocycles. The number of carbonyl (C=O) groups is 1. The van der Waals surface area contributed by atoms with Crippen molar-refractivity contribution in [3.63, 3.8) is 0 Å². The summed E-state index contributed by atoms with van der Waals surface area (Å²) in [5.74, 6) is -0.229. The van der Waals surface area contributed by atoms with Crippen molar-refractivity contribution in [2.45, 2.75) is 26.1 Å². The molecule has 2 rings (SSSR count). The third-order valence-electron chi connectivity index (χ3n) is 3.64. The zero-order valence-corrected chi connectivity index (χ0v) is 13.9. The van der Waals surface area contributed by atoms with Gasteiger partial charge < -0.3 is 10.1 Å². The van der Waals surface area contributed by atoms with Crippen molar-refractivity contribution in [2.24, 2.45) is 0 Å². The molecule has 2 aromatic carbocycles. The van der Waals surface area contributed by atoms with Gasteiger partial charge in [0.2, 0.25) is 0 Å². The largest absolute Gasteiger partial charge is 0.466 e. The zero-order valence-electron chi connectivity index (χ0n) is 13.9. The van der Waals surface area contributed by atoms with E-state index >= 15 is 0 Å². The molecule has 0 heterocycles. The van der Waals surface area contributed by atoms with Gasteiger partial charge in [-0.1, -0.05) is 36.4 Å². The molecule has 0 bridgehead atoms. The second-order valence-electron chi connectivity index (χ2n) is 5.50. The predicted molar refractivity (Wildman–Crippen MR) is 89.8 cm³/mol. The lowest BCUT2D eigenvalue weighted by molar-refractivity contribution is -0.143. The summed E-state index contributed by atoms with van der Waals surface area (Å²) in [5.41, 5.74) is 1.96. The van der Waals surface area contributed by atoms with Crippen molar-refractivity contribution in [2.75, 3.05) is 13.2 Å². The zero-order chi connectivity index (χ0) is 18.3.